The lowest BCUT2D eigenvalue weighted by Crippen LogP contribution is -2.33. The van der Waals surface area contributed by atoms with Crippen molar-refractivity contribution >= 4 is 23.2 Å². The molecule has 3 heteroatoms. The summed E-state index contributed by atoms with van der Waals surface area (Å²) in [5.74, 6) is 0. The van der Waals surface area contributed by atoms with Crippen LogP contribution >= 0.6 is 7.26 Å². The van der Waals surface area contributed by atoms with Crippen LogP contribution in [0.25, 0.3) is 0 Å². The molecule has 0 spiro atoms. The molecular formula is C31H42O2P+. The van der Waals surface area contributed by atoms with Crippen LogP contribution in [0.15, 0.2) is 91.0 Å². The molecule has 0 heterocycles. The number of benzene rings is 3. The highest BCUT2D eigenvalue weighted by atomic mass is 31.2. The predicted molar refractivity (Wildman–Crippen MR) is 149 cm³/mol. The Morgan fingerprint density at radius 1 is 0.529 bits per heavy atom. The molecule has 182 valence electrons. The Hall–Kier alpha value is -1.99. The van der Waals surface area contributed by atoms with Gasteiger partial charge in [0.1, 0.15) is 23.2 Å². The van der Waals surface area contributed by atoms with Crippen LogP contribution in [0.2, 0.25) is 0 Å². The van der Waals surface area contributed by atoms with Crippen molar-refractivity contribution in [2.75, 3.05) is 19.4 Å². The predicted octanol–water partition coefficient (Wildman–Crippen LogP) is 7.11. The van der Waals surface area contributed by atoms with Gasteiger partial charge in [0.15, 0.2) is 6.29 Å². The minimum absolute atomic E-state index is 0.0250. The molecule has 0 aliphatic carbocycles. The van der Waals surface area contributed by atoms with Crippen LogP contribution in [-0.4, -0.2) is 25.7 Å². The summed E-state index contributed by atoms with van der Waals surface area (Å²) in [6.45, 7) is 5.52. The van der Waals surface area contributed by atoms with Crippen molar-refractivity contribution in [1.29, 1.82) is 0 Å². The van der Waals surface area contributed by atoms with Gasteiger partial charge in [0.2, 0.25) is 0 Å². The first-order valence-corrected chi connectivity index (χ1v) is 15.1. The average Bonchev–Trinajstić information content (AvgIpc) is 2.90. The molecule has 2 nitrogen and oxygen atoms in total. The van der Waals surface area contributed by atoms with Crippen molar-refractivity contribution < 1.29 is 9.47 Å². The number of ether oxygens (including phenoxy) is 2. The number of hydrogen-bond donors (Lipinski definition) is 0. The van der Waals surface area contributed by atoms with E-state index in [1.807, 2.05) is 13.8 Å². The summed E-state index contributed by atoms with van der Waals surface area (Å²) < 4.78 is 11.3. The Morgan fingerprint density at radius 2 is 0.912 bits per heavy atom. The third-order valence-corrected chi connectivity index (χ3v) is 11.0. The molecule has 3 rings (SSSR count). The molecule has 3 aromatic rings. The molecule has 0 aromatic heterocycles. The van der Waals surface area contributed by atoms with Gasteiger partial charge in [-0.1, -0.05) is 73.9 Å². The van der Waals surface area contributed by atoms with Crippen molar-refractivity contribution in [3.63, 3.8) is 0 Å². The second-order valence-electron chi connectivity index (χ2n) is 8.79. The lowest BCUT2D eigenvalue weighted by molar-refractivity contribution is -0.140. The summed E-state index contributed by atoms with van der Waals surface area (Å²) in [4.78, 5) is 0. The first-order valence-electron chi connectivity index (χ1n) is 13.1. The monoisotopic (exact) mass is 477 g/mol. The number of hydrogen-bond acceptors (Lipinski definition) is 2. The van der Waals surface area contributed by atoms with Gasteiger partial charge in [-0.05, 0) is 75.9 Å². The van der Waals surface area contributed by atoms with E-state index < -0.39 is 7.26 Å². The van der Waals surface area contributed by atoms with Gasteiger partial charge in [-0.15, -0.1) is 0 Å². The molecule has 0 radical (unpaired) electrons. The third kappa shape index (κ3) is 7.51. The van der Waals surface area contributed by atoms with Gasteiger partial charge < -0.3 is 9.47 Å². The first-order chi connectivity index (χ1) is 16.8. The summed E-state index contributed by atoms with van der Waals surface area (Å²) in [7, 11) is -1.68. The molecule has 0 N–H and O–H groups in total. The molecule has 0 fully saturated rings. The van der Waals surface area contributed by atoms with E-state index in [0.717, 1.165) is 19.6 Å². The van der Waals surface area contributed by atoms with Crippen LogP contribution < -0.4 is 15.9 Å². The van der Waals surface area contributed by atoms with Crippen LogP contribution in [0.3, 0.4) is 0 Å². The maximum Gasteiger partial charge on any atom is 0.157 e. The standard InChI is InChI=1S/C31H42O2P/c1-3-32-31(33-4-2)26-18-7-5-6-8-19-27-34(28-20-12-9-13-21-28,29-22-14-10-15-23-29)30-24-16-11-17-25-30/h9-17,20-25,31H,3-8,18-19,26-27H2,1-2H3/q+1. The van der Waals surface area contributed by atoms with E-state index >= 15 is 0 Å². The molecule has 0 saturated carbocycles. The van der Waals surface area contributed by atoms with Crippen LogP contribution in [0.1, 0.15) is 58.8 Å². The smallest absolute Gasteiger partial charge is 0.157 e. The van der Waals surface area contributed by atoms with Crippen LogP contribution in [0.5, 0.6) is 0 Å². The minimum Gasteiger partial charge on any atom is -0.353 e. The highest BCUT2D eigenvalue weighted by Gasteiger charge is 2.44. The molecule has 34 heavy (non-hydrogen) atoms. The van der Waals surface area contributed by atoms with Gasteiger partial charge in [0.05, 0.1) is 6.16 Å². The van der Waals surface area contributed by atoms with Crippen molar-refractivity contribution in [3.05, 3.63) is 91.0 Å². The number of unbranched alkanes of at least 4 members (excludes halogenated alkanes) is 5. The van der Waals surface area contributed by atoms with Gasteiger partial charge in [-0.25, -0.2) is 0 Å². The fourth-order valence-corrected chi connectivity index (χ4v) is 9.25. The second kappa shape index (κ2) is 15.1. The van der Waals surface area contributed by atoms with Crippen molar-refractivity contribution in [1.82, 2.24) is 0 Å². The van der Waals surface area contributed by atoms with Crippen LogP contribution in [0, 0.1) is 0 Å². The Labute approximate surface area is 208 Å². The zero-order valence-corrected chi connectivity index (χ0v) is 22.0. The van der Waals surface area contributed by atoms with Crippen molar-refractivity contribution in [2.24, 2.45) is 0 Å². The SMILES string of the molecule is CCOC(CCCCCCCC[P+](c1ccccc1)(c1ccccc1)c1ccccc1)OCC. The Morgan fingerprint density at radius 3 is 1.32 bits per heavy atom. The van der Waals surface area contributed by atoms with Crippen LogP contribution in [0.4, 0.5) is 0 Å². The van der Waals surface area contributed by atoms with E-state index in [1.165, 1.54) is 60.6 Å². The fourth-order valence-electron chi connectivity index (χ4n) is 4.84. The quantitative estimate of drug-likeness (QED) is 0.124. The van der Waals surface area contributed by atoms with E-state index in [2.05, 4.69) is 91.0 Å². The Kier molecular flexibility index (Phi) is 11.8. The normalized spacial score (nSPS) is 11.7. The van der Waals surface area contributed by atoms with Crippen LogP contribution in [-0.2, 0) is 9.47 Å². The third-order valence-electron chi connectivity index (χ3n) is 6.48. The first kappa shape index (κ1) is 26.6. The lowest BCUT2D eigenvalue weighted by Gasteiger charge is -2.27. The zero-order chi connectivity index (χ0) is 23.9. The van der Waals surface area contributed by atoms with Crippen molar-refractivity contribution in [2.45, 2.75) is 65.1 Å². The van der Waals surface area contributed by atoms with Gasteiger partial charge in [-0.2, -0.15) is 0 Å². The molecule has 0 aliphatic rings. The second-order valence-corrected chi connectivity index (χ2v) is 12.4. The maximum atomic E-state index is 5.67. The summed E-state index contributed by atoms with van der Waals surface area (Å²) >= 11 is 0. The summed E-state index contributed by atoms with van der Waals surface area (Å²) in [5.41, 5.74) is 0. The fraction of sp³-hybridized carbons (Fsp3) is 0.419. The van der Waals surface area contributed by atoms with Gasteiger partial charge in [-0.3, -0.25) is 0 Å². The van der Waals surface area contributed by atoms with Gasteiger partial charge >= 0.3 is 0 Å². The molecule has 0 aliphatic heterocycles. The molecule has 0 atom stereocenters. The van der Waals surface area contributed by atoms with E-state index in [9.17, 15) is 0 Å². The lowest BCUT2D eigenvalue weighted by atomic mass is 10.1. The maximum absolute atomic E-state index is 5.67. The minimum atomic E-state index is -1.68. The largest absolute Gasteiger partial charge is 0.353 e. The molecule has 0 unspecified atom stereocenters. The van der Waals surface area contributed by atoms with Gasteiger partial charge in [0, 0.05) is 13.2 Å². The molecular weight excluding hydrogens is 435 g/mol. The average molecular weight is 478 g/mol. The summed E-state index contributed by atoms with van der Waals surface area (Å²) in [6, 6.07) is 33.7. The van der Waals surface area contributed by atoms with E-state index in [-0.39, 0.29) is 6.29 Å². The highest BCUT2D eigenvalue weighted by molar-refractivity contribution is 7.95. The zero-order valence-electron chi connectivity index (χ0n) is 21.1. The molecule has 0 amide bonds. The Bertz CT molecular complexity index is 796. The number of rotatable bonds is 16. The van der Waals surface area contributed by atoms with E-state index in [1.54, 1.807) is 0 Å². The topological polar surface area (TPSA) is 18.5 Å². The van der Waals surface area contributed by atoms with E-state index in [4.69, 9.17) is 9.47 Å². The Balaban J connectivity index is 1.63. The van der Waals surface area contributed by atoms with Gasteiger partial charge in [0.25, 0.3) is 0 Å². The summed E-state index contributed by atoms with van der Waals surface area (Å²) in [5, 5.41) is 4.47. The van der Waals surface area contributed by atoms with E-state index in [0.29, 0.717) is 0 Å². The highest BCUT2D eigenvalue weighted by Crippen LogP contribution is 2.55. The molecule has 0 bridgehead atoms. The molecule has 0 saturated heterocycles. The van der Waals surface area contributed by atoms with Crippen molar-refractivity contribution in [3.8, 4) is 0 Å². The molecule has 3 aromatic carbocycles. The summed E-state index contributed by atoms with van der Waals surface area (Å²) in [6.07, 6.45) is 9.77.